The molecule has 0 aliphatic rings. The molecular formula is C18H18N2O. The van der Waals surface area contributed by atoms with Crippen LogP contribution >= 0.6 is 0 Å². The molecule has 0 atom stereocenters. The summed E-state index contributed by atoms with van der Waals surface area (Å²) in [6, 6.07) is 16.0. The lowest BCUT2D eigenvalue weighted by molar-refractivity contribution is 0.0787. The van der Waals surface area contributed by atoms with E-state index in [0.29, 0.717) is 6.54 Å². The van der Waals surface area contributed by atoms with Crippen LogP contribution in [0.5, 0.6) is 0 Å². The largest absolute Gasteiger partial charge is 0.361 e. The number of aromatic nitrogens is 1. The zero-order chi connectivity index (χ0) is 14.8. The number of carbonyl (C=O) groups is 1. The standard InChI is InChI=1S/C18H18N2O/c1-13-5-3-6-14(11-13)12-20(2)18(21)16-7-4-8-17-15(16)9-10-19-17/h3-11,19H,12H2,1-2H3. The van der Waals surface area contributed by atoms with E-state index in [9.17, 15) is 4.79 Å². The molecule has 0 aliphatic carbocycles. The average molecular weight is 278 g/mol. The Balaban J connectivity index is 1.86. The normalized spacial score (nSPS) is 10.8. The fourth-order valence-corrected chi connectivity index (χ4v) is 2.63. The maximum Gasteiger partial charge on any atom is 0.254 e. The first-order valence-corrected chi connectivity index (χ1v) is 7.02. The van der Waals surface area contributed by atoms with E-state index in [-0.39, 0.29) is 5.91 Å². The summed E-state index contributed by atoms with van der Waals surface area (Å²) >= 11 is 0. The molecule has 0 fully saturated rings. The number of aromatic amines is 1. The minimum atomic E-state index is 0.0432. The van der Waals surface area contributed by atoms with Crippen LogP contribution in [0, 0.1) is 6.92 Å². The van der Waals surface area contributed by atoms with Gasteiger partial charge in [0.25, 0.3) is 5.91 Å². The number of fused-ring (bicyclic) bond motifs is 1. The summed E-state index contributed by atoms with van der Waals surface area (Å²) in [6.45, 7) is 2.67. The quantitative estimate of drug-likeness (QED) is 0.778. The number of aryl methyl sites for hydroxylation is 1. The van der Waals surface area contributed by atoms with Crippen molar-refractivity contribution >= 4 is 16.8 Å². The molecule has 0 bridgehead atoms. The Morgan fingerprint density at radius 1 is 1.14 bits per heavy atom. The molecule has 0 saturated heterocycles. The molecule has 3 heteroatoms. The Hall–Kier alpha value is -2.55. The highest BCUT2D eigenvalue weighted by Crippen LogP contribution is 2.19. The van der Waals surface area contributed by atoms with Crippen molar-refractivity contribution in [3.05, 3.63) is 71.4 Å². The van der Waals surface area contributed by atoms with E-state index in [1.807, 2.05) is 49.6 Å². The third-order valence-electron chi connectivity index (χ3n) is 3.67. The van der Waals surface area contributed by atoms with Gasteiger partial charge in [0.15, 0.2) is 0 Å². The highest BCUT2D eigenvalue weighted by atomic mass is 16.2. The second-order valence-electron chi connectivity index (χ2n) is 5.39. The molecule has 0 saturated carbocycles. The molecule has 3 nitrogen and oxygen atoms in total. The van der Waals surface area contributed by atoms with Gasteiger partial charge in [0.1, 0.15) is 0 Å². The van der Waals surface area contributed by atoms with Crippen molar-refractivity contribution in [1.29, 1.82) is 0 Å². The maximum atomic E-state index is 12.7. The minimum Gasteiger partial charge on any atom is -0.361 e. The third kappa shape index (κ3) is 2.68. The minimum absolute atomic E-state index is 0.0432. The summed E-state index contributed by atoms with van der Waals surface area (Å²) in [5.41, 5.74) is 4.09. The number of carbonyl (C=O) groups excluding carboxylic acids is 1. The number of benzene rings is 2. The molecule has 0 radical (unpaired) electrons. The van der Waals surface area contributed by atoms with Crippen molar-refractivity contribution in [2.45, 2.75) is 13.5 Å². The molecule has 0 aliphatic heterocycles. The van der Waals surface area contributed by atoms with E-state index in [2.05, 4.69) is 24.0 Å². The van der Waals surface area contributed by atoms with Gasteiger partial charge in [0.2, 0.25) is 0 Å². The Labute approximate surface area is 124 Å². The monoisotopic (exact) mass is 278 g/mol. The fourth-order valence-electron chi connectivity index (χ4n) is 2.63. The van der Waals surface area contributed by atoms with E-state index in [1.165, 1.54) is 5.56 Å². The Kier molecular flexibility index (Phi) is 3.48. The molecule has 0 unspecified atom stereocenters. The van der Waals surface area contributed by atoms with E-state index < -0.39 is 0 Å². The molecule has 3 rings (SSSR count). The van der Waals surface area contributed by atoms with Crippen LogP contribution in [0.2, 0.25) is 0 Å². The topological polar surface area (TPSA) is 36.1 Å². The van der Waals surface area contributed by atoms with Crippen molar-refractivity contribution in [2.75, 3.05) is 7.05 Å². The first kappa shape index (κ1) is 13.4. The van der Waals surface area contributed by atoms with Crippen LogP contribution in [0.15, 0.2) is 54.7 Å². The second kappa shape index (κ2) is 5.44. The van der Waals surface area contributed by atoms with Crippen LogP contribution in [0.25, 0.3) is 10.9 Å². The third-order valence-corrected chi connectivity index (χ3v) is 3.67. The van der Waals surface area contributed by atoms with Gasteiger partial charge in [-0.3, -0.25) is 4.79 Å². The number of nitrogens with one attached hydrogen (secondary N) is 1. The van der Waals surface area contributed by atoms with Crippen molar-refractivity contribution in [3.8, 4) is 0 Å². The van der Waals surface area contributed by atoms with Gasteiger partial charge in [-0.2, -0.15) is 0 Å². The molecule has 0 spiro atoms. The lowest BCUT2D eigenvalue weighted by Gasteiger charge is -2.18. The lowest BCUT2D eigenvalue weighted by Crippen LogP contribution is -2.26. The summed E-state index contributed by atoms with van der Waals surface area (Å²) in [7, 11) is 1.84. The second-order valence-corrected chi connectivity index (χ2v) is 5.39. The summed E-state index contributed by atoms with van der Waals surface area (Å²) in [6.07, 6.45) is 1.86. The van der Waals surface area contributed by atoms with Crippen LogP contribution in [0.4, 0.5) is 0 Å². The number of rotatable bonds is 3. The smallest absolute Gasteiger partial charge is 0.254 e. The predicted molar refractivity (Wildman–Crippen MR) is 85.3 cm³/mol. The molecule has 21 heavy (non-hydrogen) atoms. The van der Waals surface area contributed by atoms with Gasteiger partial charge >= 0.3 is 0 Å². The van der Waals surface area contributed by atoms with E-state index in [1.54, 1.807) is 4.90 Å². The number of H-pyrrole nitrogens is 1. The summed E-state index contributed by atoms with van der Waals surface area (Å²) in [5, 5.41) is 0.971. The number of hydrogen-bond donors (Lipinski definition) is 1. The van der Waals surface area contributed by atoms with Crippen molar-refractivity contribution < 1.29 is 4.79 Å². The molecule has 106 valence electrons. The highest BCUT2D eigenvalue weighted by Gasteiger charge is 2.15. The van der Waals surface area contributed by atoms with Gasteiger partial charge in [-0.25, -0.2) is 0 Å². The van der Waals surface area contributed by atoms with Gasteiger partial charge in [-0.05, 0) is 30.7 Å². The zero-order valence-electron chi connectivity index (χ0n) is 12.3. The molecule has 2 aromatic carbocycles. The van der Waals surface area contributed by atoms with Gasteiger partial charge in [-0.1, -0.05) is 35.9 Å². The van der Waals surface area contributed by atoms with Crippen LogP contribution in [-0.2, 0) is 6.54 Å². The maximum absolute atomic E-state index is 12.7. The van der Waals surface area contributed by atoms with Crippen LogP contribution in [0.3, 0.4) is 0 Å². The number of hydrogen-bond acceptors (Lipinski definition) is 1. The van der Waals surface area contributed by atoms with E-state index in [4.69, 9.17) is 0 Å². The first-order chi connectivity index (χ1) is 10.1. The zero-order valence-corrected chi connectivity index (χ0v) is 12.3. The van der Waals surface area contributed by atoms with E-state index in [0.717, 1.165) is 22.0 Å². The molecular weight excluding hydrogens is 260 g/mol. The fraction of sp³-hybridized carbons (Fsp3) is 0.167. The lowest BCUT2D eigenvalue weighted by atomic mass is 10.1. The summed E-state index contributed by atoms with van der Waals surface area (Å²) in [5.74, 6) is 0.0432. The Morgan fingerprint density at radius 2 is 1.95 bits per heavy atom. The Bertz CT molecular complexity index is 789. The summed E-state index contributed by atoms with van der Waals surface area (Å²) < 4.78 is 0. The first-order valence-electron chi connectivity index (χ1n) is 7.02. The van der Waals surface area contributed by atoms with Crippen LogP contribution < -0.4 is 0 Å². The van der Waals surface area contributed by atoms with Crippen molar-refractivity contribution in [3.63, 3.8) is 0 Å². The highest BCUT2D eigenvalue weighted by molar-refractivity contribution is 6.06. The SMILES string of the molecule is Cc1cccc(CN(C)C(=O)c2cccc3[nH]ccc23)c1. The van der Waals surface area contributed by atoms with Gasteiger partial charge in [0.05, 0.1) is 0 Å². The van der Waals surface area contributed by atoms with Gasteiger partial charge in [0, 0.05) is 36.3 Å². The number of amides is 1. The van der Waals surface area contributed by atoms with Gasteiger partial charge in [-0.15, -0.1) is 0 Å². The van der Waals surface area contributed by atoms with Crippen molar-refractivity contribution in [1.82, 2.24) is 9.88 Å². The number of nitrogens with zero attached hydrogens (tertiary/aromatic N) is 1. The van der Waals surface area contributed by atoms with Crippen LogP contribution in [0.1, 0.15) is 21.5 Å². The molecule has 1 amide bonds. The predicted octanol–water partition coefficient (Wildman–Crippen LogP) is 3.75. The Morgan fingerprint density at radius 3 is 2.76 bits per heavy atom. The van der Waals surface area contributed by atoms with Gasteiger partial charge < -0.3 is 9.88 Å². The average Bonchev–Trinajstić information content (AvgIpc) is 2.94. The molecule has 1 aromatic heterocycles. The summed E-state index contributed by atoms with van der Waals surface area (Å²) in [4.78, 5) is 17.6. The molecule has 3 aromatic rings. The van der Waals surface area contributed by atoms with Crippen molar-refractivity contribution in [2.24, 2.45) is 0 Å². The van der Waals surface area contributed by atoms with E-state index >= 15 is 0 Å². The molecule has 1 N–H and O–H groups in total. The molecule has 1 heterocycles. The van der Waals surface area contributed by atoms with Crippen LogP contribution in [-0.4, -0.2) is 22.8 Å².